The molecule has 2 amide bonds. The van der Waals surface area contributed by atoms with Gasteiger partial charge in [-0.25, -0.2) is 9.97 Å². The van der Waals surface area contributed by atoms with Crippen LogP contribution in [0.1, 0.15) is 35.2 Å². The van der Waals surface area contributed by atoms with E-state index in [2.05, 4.69) is 25.2 Å². The monoisotopic (exact) mass is 410 g/mol. The molecule has 2 N–H and O–H groups in total. The van der Waals surface area contributed by atoms with E-state index in [1.807, 2.05) is 12.1 Å². The van der Waals surface area contributed by atoms with E-state index >= 15 is 0 Å². The third-order valence-corrected chi connectivity index (χ3v) is 5.84. The summed E-state index contributed by atoms with van der Waals surface area (Å²) in [7, 11) is 0. The van der Waals surface area contributed by atoms with E-state index in [1.54, 1.807) is 17.3 Å². The Labute approximate surface area is 175 Å². The number of aliphatic hydroxyl groups excluding tert-OH is 1. The van der Waals surface area contributed by atoms with Crippen molar-refractivity contribution in [3.8, 4) is 0 Å². The van der Waals surface area contributed by atoms with Crippen LogP contribution < -0.4 is 5.32 Å². The number of hydrogen-bond acceptors (Lipinski definition) is 7. The summed E-state index contributed by atoms with van der Waals surface area (Å²) in [5.74, 6) is -0.142. The average Bonchev–Trinajstić information content (AvgIpc) is 3.20. The Morgan fingerprint density at radius 2 is 1.90 bits per heavy atom. The lowest BCUT2D eigenvalue weighted by atomic mass is 10.0. The quantitative estimate of drug-likeness (QED) is 0.726. The zero-order chi connectivity index (χ0) is 20.9. The molecule has 30 heavy (non-hydrogen) atoms. The summed E-state index contributed by atoms with van der Waals surface area (Å²) in [6.45, 7) is 2.11. The number of nitrogens with one attached hydrogen (secondary N) is 1. The molecule has 2 saturated heterocycles. The van der Waals surface area contributed by atoms with Gasteiger partial charge in [0, 0.05) is 57.0 Å². The van der Waals surface area contributed by atoms with Gasteiger partial charge in [-0.2, -0.15) is 0 Å². The molecule has 0 unspecified atom stereocenters. The van der Waals surface area contributed by atoms with E-state index in [4.69, 9.17) is 0 Å². The first-order chi connectivity index (χ1) is 14.6. The third kappa shape index (κ3) is 4.63. The van der Waals surface area contributed by atoms with E-state index in [9.17, 15) is 14.7 Å². The van der Waals surface area contributed by atoms with Crippen molar-refractivity contribution in [3.05, 3.63) is 54.4 Å². The van der Waals surface area contributed by atoms with Gasteiger partial charge in [-0.15, -0.1) is 0 Å². The van der Waals surface area contributed by atoms with E-state index in [1.165, 1.54) is 18.7 Å². The van der Waals surface area contributed by atoms with Crippen LogP contribution in [-0.4, -0.2) is 79.5 Å². The standard InChI is InChI=1S/C21H26N6O3/c28-18-8-19(20(29)25-10-15-2-1-5-22-9-15)27(13-18)17-3-6-26(7-4-17)21(30)16-11-23-14-24-12-16/h1-2,5,9,11-12,14,17-19,28H,3-4,6-8,10,13H2,(H,25,29)/t18-,19+/m1/s1. The van der Waals surface area contributed by atoms with E-state index < -0.39 is 6.10 Å². The van der Waals surface area contributed by atoms with Gasteiger partial charge in [0.1, 0.15) is 6.33 Å². The number of carbonyl (C=O) groups is 2. The lowest BCUT2D eigenvalue weighted by Crippen LogP contribution is -2.52. The predicted molar refractivity (Wildman–Crippen MR) is 108 cm³/mol. The molecule has 0 saturated carbocycles. The van der Waals surface area contributed by atoms with Crippen molar-refractivity contribution in [3.63, 3.8) is 0 Å². The molecule has 4 heterocycles. The minimum Gasteiger partial charge on any atom is -0.392 e. The number of hydrogen-bond donors (Lipinski definition) is 2. The van der Waals surface area contributed by atoms with Gasteiger partial charge >= 0.3 is 0 Å². The van der Waals surface area contributed by atoms with Crippen molar-refractivity contribution in [2.75, 3.05) is 19.6 Å². The number of rotatable bonds is 5. The fraction of sp³-hybridized carbons (Fsp3) is 0.476. The topological polar surface area (TPSA) is 112 Å². The van der Waals surface area contributed by atoms with Crippen LogP contribution in [-0.2, 0) is 11.3 Å². The number of amides is 2. The average molecular weight is 410 g/mol. The van der Waals surface area contributed by atoms with Gasteiger partial charge in [0.2, 0.25) is 5.91 Å². The maximum Gasteiger partial charge on any atom is 0.256 e. The van der Waals surface area contributed by atoms with Gasteiger partial charge in [0.25, 0.3) is 5.91 Å². The number of nitrogens with zero attached hydrogens (tertiary/aromatic N) is 5. The molecule has 0 bridgehead atoms. The minimum absolute atomic E-state index is 0.0683. The van der Waals surface area contributed by atoms with Crippen molar-refractivity contribution in [1.29, 1.82) is 0 Å². The molecular formula is C21H26N6O3. The number of aliphatic hydroxyl groups is 1. The first-order valence-corrected chi connectivity index (χ1v) is 10.3. The maximum absolute atomic E-state index is 12.8. The third-order valence-electron chi connectivity index (χ3n) is 5.84. The van der Waals surface area contributed by atoms with Gasteiger partial charge in [-0.1, -0.05) is 6.07 Å². The number of likely N-dealkylation sites (tertiary alicyclic amines) is 2. The number of aromatic nitrogens is 3. The molecule has 2 aliphatic rings. The summed E-state index contributed by atoms with van der Waals surface area (Å²) in [4.78, 5) is 41.2. The summed E-state index contributed by atoms with van der Waals surface area (Å²) < 4.78 is 0. The van der Waals surface area contributed by atoms with Gasteiger partial charge in [0.05, 0.1) is 17.7 Å². The highest BCUT2D eigenvalue weighted by molar-refractivity contribution is 5.93. The molecule has 2 aromatic rings. The van der Waals surface area contributed by atoms with Crippen LogP contribution in [0.4, 0.5) is 0 Å². The fourth-order valence-corrected chi connectivity index (χ4v) is 4.30. The van der Waals surface area contributed by atoms with Crippen LogP contribution in [0.5, 0.6) is 0 Å². The van der Waals surface area contributed by atoms with Crippen LogP contribution in [0.2, 0.25) is 0 Å². The highest BCUT2D eigenvalue weighted by Gasteiger charge is 2.41. The molecule has 2 atom stereocenters. The van der Waals surface area contributed by atoms with Crippen LogP contribution >= 0.6 is 0 Å². The largest absolute Gasteiger partial charge is 0.392 e. The molecule has 2 aliphatic heterocycles. The molecular weight excluding hydrogens is 384 g/mol. The molecule has 158 valence electrons. The van der Waals surface area contributed by atoms with E-state index in [0.717, 1.165) is 18.4 Å². The van der Waals surface area contributed by atoms with Crippen molar-refractivity contribution in [2.24, 2.45) is 0 Å². The highest BCUT2D eigenvalue weighted by Crippen LogP contribution is 2.27. The molecule has 2 fully saturated rings. The van der Waals surface area contributed by atoms with Gasteiger partial charge < -0.3 is 15.3 Å². The summed E-state index contributed by atoms with van der Waals surface area (Å²) in [5, 5.41) is 13.2. The Morgan fingerprint density at radius 1 is 1.13 bits per heavy atom. The first-order valence-electron chi connectivity index (χ1n) is 10.3. The molecule has 2 aromatic heterocycles. The SMILES string of the molecule is O=C(NCc1cccnc1)[C@@H]1C[C@@H](O)CN1C1CCN(C(=O)c2cncnc2)CC1. The number of β-amino-alcohol motifs (C(OH)–C–C–N with tert-alkyl or cyclic N) is 1. The van der Waals surface area contributed by atoms with E-state index in [-0.39, 0.29) is 23.9 Å². The summed E-state index contributed by atoms with van der Waals surface area (Å²) in [6, 6.07) is 3.56. The van der Waals surface area contributed by atoms with Crippen molar-refractivity contribution < 1.29 is 14.7 Å². The Morgan fingerprint density at radius 3 is 2.60 bits per heavy atom. The normalized spacial score (nSPS) is 22.8. The van der Waals surface area contributed by atoms with E-state index in [0.29, 0.717) is 38.2 Å². The maximum atomic E-state index is 12.8. The Kier molecular flexibility index (Phi) is 6.29. The second kappa shape index (κ2) is 9.27. The lowest BCUT2D eigenvalue weighted by Gasteiger charge is -2.38. The number of pyridine rings is 1. The second-order valence-electron chi connectivity index (χ2n) is 7.83. The minimum atomic E-state index is -0.514. The lowest BCUT2D eigenvalue weighted by molar-refractivity contribution is -0.126. The zero-order valence-electron chi connectivity index (χ0n) is 16.7. The number of piperidine rings is 1. The summed E-state index contributed by atoms with van der Waals surface area (Å²) in [6.07, 6.45) is 9.33. The van der Waals surface area contributed by atoms with Gasteiger partial charge in [-0.05, 0) is 30.9 Å². The fourth-order valence-electron chi connectivity index (χ4n) is 4.30. The zero-order valence-corrected chi connectivity index (χ0v) is 16.7. The molecule has 4 rings (SSSR count). The van der Waals surface area contributed by atoms with Crippen molar-refractivity contribution in [1.82, 2.24) is 30.1 Å². The van der Waals surface area contributed by atoms with Gasteiger partial charge in [0.15, 0.2) is 0 Å². The molecule has 0 aromatic carbocycles. The van der Waals surface area contributed by atoms with Crippen LogP contribution in [0.25, 0.3) is 0 Å². The number of carbonyl (C=O) groups excluding carboxylic acids is 2. The molecule has 9 heteroatoms. The van der Waals surface area contributed by atoms with Crippen LogP contribution in [0.3, 0.4) is 0 Å². The van der Waals surface area contributed by atoms with Gasteiger partial charge in [-0.3, -0.25) is 19.5 Å². The first kappa shape index (κ1) is 20.4. The Balaban J connectivity index is 1.33. The van der Waals surface area contributed by atoms with Crippen LogP contribution in [0.15, 0.2) is 43.2 Å². The van der Waals surface area contributed by atoms with Crippen molar-refractivity contribution in [2.45, 2.75) is 44.0 Å². The highest BCUT2D eigenvalue weighted by atomic mass is 16.3. The smallest absolute Gasteiger partial charge is 0.256 e. The molecule has 0 aliphatic carbocycles. The van der Waals surface area contributed by atoms with Crippen LogP contribution in [0, 0.1) is 0 Å². The second-order valence-corrected chi connectivity index (χ2v) is 7.83. The van der Waals surface area contributed by atoms with Crippen molar-refractivity contribution >= 4 is 11.8 Å². The summed E-state index contributed by atoms with van der Waals surface area (Å²) in [5.41, 5.74) is 1.42. The Bertz CT molecular complexity index is 858. The predicted octanol–water partition coefficient (Wildman–Crippen LogP) is 0.228. The summed E-state index contributed by atoms with van der Waals surface area (Å²) >= 11 is 0. The Hall–Kier alpha value is -2.91. The molecule has 9 nitrogen and oxygen atoms in total. The molecule has 0 spiro atoms. The molecule has 0 radical (unpaired) electrons.